The van der Waals surface area contributed by atoms with E-state index in [1.807, 2.05) is 0 Å². The van der Waals surface area contributed by atoms with Crippen molar-refractivity contribution < 1.29 is 14.3 Å². The molecule has 0 radical (unpaired) electrons. The van der Waals surface area contributed by atoms with Gasteiger partial charge in [0.1, 0.15) is 11.0 Å². The summed E-state index contributed by atoms with van der Waals surface area (Å²) in [6.07, 6.45) is -0.692. The van der Waals surface area contributed by atoms with Crippen molar-refractivity contribution in [3.05, 3.63) is 29.8 Å². The molecule has 1 heterocycles. The number of nitrogens with zero attached hydrogens (tertiary/aromatic N) is 1. The van der Waals surface area contributed by atoms with Crippen molar-refractivity contribution in [2.75, 3.05) is 4.90 Å². The molecule has 1 aliphatic rings. The monoisotopic (exact) mass is 267 g/mol. The summed E-state index contributed by atoms with van der Waals surface area (Å²) in [5, 5.41) is -0.825. The Morgan fingerprint density at radius 3 is 2.56 bits per heavy atom. The highest BCUT2D eigenvalue weighted by atomic mass is 35.5. The summed E-state index contributed by atoms with van der Waals surface area (Å²) in [4.78, 5) is 25.0. The zero-order valence-electron chi connectivity index (χ0n) is 10.4. The maximum absolute atomic E-state index is 12.0. The maximum atomic E-state index is 12.0. The second kappa shape index (κ2) is 4.28. The van der Waals surface area contributed by atoms with Crippen LogP contribution >= 0.6 is 11.6 Å². The fourth-order valence-electron chi connectivity index (χ4n) is 1.77. The van der Waals surface area contributed by atoms with E-state index in [0.29, 0.717) is 11.3 Å². The van der Waals surface area contributed by atoms with E-state index < -0.39 is 23.0 Å². The van der Waals surface area contributed by atoms with Crippen molar-refractivity contribution in [3.63, 3.8) is 0 Å². The Balaban J connectivity index is 2.35. The lowest BCUT2D eigenvalue weighted by Gasteiger charge is -2.23. The lowest BCUT2D eigenvalue weighted by molar-refractivity contribution is -0.117. The molecular formula is C13H14ClNO3. The Morgan fingerprint density at radius 2 is 1.94 bits per heavy atom. The molecule has 1 atom stereocenters. The molecule has 0 N–H and O–H groups in total. The van der Waals surface area contributed by atoms with Gasteiger partial charge in [-0.15, -0.1) is 11.6 Å². The smallest absolute Gasteiger partial charge is 0.421 e. The third-order valence-electron chi connectivity index (χ3n) is 2.46. The normalized spacial score (nSPS) is 18.8. The summed E-state index contributed by atoms with van der Waals surface area (Å²) < 4.78 is 5.20. The van der Waals surface area contributed by atoms with Gasteiger partial charge in [0, 0.05) is 5.56 Å². The molecule has 2 amide bonds. The van der Waals surface area contributed by atoms with Crippen LogP contribution in [0, 0.1) is 0 Å². The van der Waals surface area contributed by atoms with Crippen LogP contribution in [0.2, 0.25) is 0 Å². The second-order valence-electron chi connectivity index (χ2n) is 5.08. The quantitative estimate of drug-likeness (QED) is 0.678. The first-order valence-electron chi connectivity index (χ1n) is 5.61. The van der Waals surface area contributed by atoms with Gasteiger partial charge in [0.15, 0.2) is 0 Å². The number of benzene rings is 1. The fraction of sp³-hybridized carbons (Fsp3) is 0.385. The fourth-order valence-corrected chi connectivity index (χ4v) is 2.05. The number of alkyl halides is 1. The van der Waals surface area contributed by atoms with E-state index >= 15 is 0 Å². The van der Waals surface area contributed by atoms with Gasteiger partial charge in [0.05, 0.1) is 5.69 Å². The highest BCUT2D eigenvalue weighted by Crippen LogP contribution is 2.40. The summed E-state index contributed by atoms with van der Waals surface area (Å²) in [7, 11) is 0. The average molecular weight is 268 g/mol. The van der Waals surface area contributed by atoms with Crippen molar-refractivity contribution >= 4 is 29.3 Å². The van der Waals surface area contributed by atoms with E-state index in [0.717, 1.165) is 4.90 Å². The molecule has 1 unspecified atom stereocenters. The second-order valence-corrected chi connectivity index (χ2v) is 5.51. The van der Waals surface area contributed by atoms with E-state index in [-0.39, 0.29) is 0 Å². The lowest BCUT2D eigenvalue weighted by Crippen LogP contribution is -2.39. The molecule has 0 aliphatic carbocycles. The number of carbonyl (C=O) groups excluding carboxylic acids is 2. The van der Waals surface area contributed by atoms with E-state index in [1.54, 1.807) is 45.0 Å². The van der Waals surface area contributed by atoms with Crippen LogP contribution in [0.5, 0.6) is 0 Å². The van der Waals surface area contributed by atoms with Crippen molar-refractivity contribution in [2.45, 2.75) is 31.7 Å². The predicted octanol–water partition coefficient (Wildman–Crippen LogP) is 3.25. The first-order chi connectivity index (χ1) is 8.31. The summed E-state index contributed by atoms with van der Waals surface area (Å²) >= 11 is 6.00. The summed E-state index contributed by atoms with van der Waals surface area (Å²) in [6.45, 7) is 5.24. The molecule has 2 rings (SSSR count). The first kappa shape index (κ1) is 12.9. The summed E-state index contributed by atoms with van der Waals surface area (Å²) in [5.41, 5.74) is 0.475. The van der Waals surface area contributed by atoms with Crippen LogP contribution in [-0.2, 0) is 9.53 Å². The zero-order valence-corrected chi connectivity index (χ0v) is 11.2. The number of carbonyl (C=O) groups is 2. The highest BCUT2D eigenvalue weighted by Gasteiger charge is 2.41. The molecule has 18 heavy (non-hydrogen) atoms. The standard InChI is InChI=1S/C13H14ClNO3/c1-13(2,3)18-12(17)15-9-7-5-4-6-8(9)10(14)11(15)16/h4-7,10H,1-3H3. The molecule has 1 aromatic carbocycles. The third kappa shape index (κ3) is 2.20. The SMILES string of the molecule is CC(C)(C)OC(=O)N1C(=O)C(Cl)c2ccccc21. The third-order valence-corrected chi connectivity index (χ3v) is 2.89. The predicted molar refractivity (Wildman–Crippen MR) is 68.8 cm³/mol. The minimum absolute atomic E-state index is 0.466. The molecule has 0 fully saturated rings. The Morgan fingerprint density at radius 1 is 1.33 bits per heavy atom. The van der Waals surface area contributed by atoms with E-state index in [2.05, 4.69) is 0 Å². The lowest BCUT2D eigenvalue weighted by atomic mass is 10.2. The van der Waals surface area contributed by atoms with Crippen LogP contribution in [0.1, 0.15) is 31.7 Å². The molecule has 0 saturated carbocycles. The molecular weight excluding hydrogens is 254 g/mol. The number of ether oxygens (including phenoxy) is 1. The number of hydrogen-bond acceptors (Lipinski definition) is 3. The van der Waals surface area contributed by atoms with E-state index in [9.17, 15) is 9.59 Å². The van der Waals surface area contributed by atoms with Crippen LogP contribution in [-0.4, -0.2) is 17.6 Å². The van der Waals surface area contributed by atoms with E-state index in [4.69, 9.17) is 16.3 Å². The van der Waals surface area contributed by atoms with Crippen LogP contribution in [0.3, 0.4) is 0 Å². The molecule has 0 aromatic heterocycles. The van der Waals surface area contributed by atoms with Gasteiger partial charge in [-0.1, -0.05) is 18.2 Å². The van der Waals surface area contributed by atoms with Gasteiger partial charge in [-0.3, -0.25) is 4.79 Å². The van der Waals surface area contributed by atoms with Gasteiger partial charge < -0.3 is 4.74 Å². The van der Waals surface area contributed by atoms with Crippen LogP contribution in [0.4, 0.5) is 10.5 Å². The molecule has 0 spiro atoms. The van der Waals surface area contributed by atoms with Crippen LogP contribution in [0.25, 0.3) is 0 Å². The van der Waals surface area contributed by atoms with Gasteiger partial charge >= 0.3 is 6.09 Å². The number of hydrogen-bond donors (Lipinski definition) is 0. The number of imide groups is 1. The number of rotatable bonds is 0. The zero-order chi connectivity index (χ0) is 13.5. The number of fused-ring (bicyclic) bond motifs is 1. The first-order valence-corrected chi connectivity index (χ1v) is 6.05. The highest BCUT2D eigenvalue weighted by molar-refractivity contribution is 6.38. The molecule has 4 nitrogen and oxygen atoms in total. The Hall–Kier alpha value is -1.55. The minimum atomic E-state index is -0.825. The van der Waals surface area contributed by atoms with Crippen molar-refractivity contribution in [3.8, 4) is 0 Å². The van der Waals surface area contributed by atoms with Gasteiger partial charge in [0.25, 0.3) is 5.91 Å². The molecule has 5 heteroatoms. The van der Waals surface area contributed by atoms with Gasteiger partial charge in [-0.05, 0) is 26.8 Å². The number of halogens is 1. The van der Waals surface area contributed by atoms with Gasteiger partial charge in [-0.25, -0.2) is 9.69 Å². The molecule has 0 bridgehead atoms. The van der Waals surface area contributed by atoms with Crippen LogP contribution < -0.4 is 4.90 Å². The van der Waals surface area contributed by atoms with Crippen LogP contribution in [0.15, 0.2) is 24.3 Å². The summed E-state index contributed by atoms with van der Waals surface area (Å²) in [5.74, 6) is -0.466. The Kier molecular flexibility index (Phi) is 3.07. The number of amides is 2. The minimum Gasteiger partial charge on any atom is -0.443 e. The molecule has 1 aliphatic heterocycles. The maximum Gasteiger partial charge on any atom is 0.421 e. The largest absolute Gasteiger partial charge is 0.443 e. The Bertz CT molecular complexity index is 507. The molecule has 0 saturated heterocycles. The van der Waals surface area contributed by atoms with Gasteiger partial charge in [-0.2, -0.15) is 0 Å². The number of anilines is 1. The molecule has 96 valence electrons. The Labute approximate surface area is 110 Å². The van der Waals surface area contributed by atoms with E-state index in [1.165, 1.54) is 0 Å². The van der Waals surface area contributed by atoms with Gasteiger partial charge in [0.2, 0.25) is 0 Å². The molecule has 1 aromatic rings. The summed E-state index contributed by atoms with van der Waals surface area (Å²) in [6, 6.07) is 6.94. The number of para-hydroxylation sites is 1. The van der Waals surface area contributed by atoms with Crippen molar-refractivity contribution in [1.29, 1.82) is 0 Å². The van der Waals surface area contributed by atoms with Crippen molar-refractivity contribution in [1.82, 2.24) is 0 Å². The average Bonchev–Trinajstić information content (AvgIpc) is 2.50. The topological polar surface area (TPSA) is 46.6 Å². The van der Waals surface area contributed by atoms with Crippen molar-refractivity contribution in [2.24, 2.45) is 0 Å².